The third-order valence-corrected chi connectivity index (χ3v) is 5.53. The van der Waals surface area contributed by atoms with Gasteiger partial charge in [0.15, 0.2) is 5.82 Å². The number of hydrogen-bond donors (Lipinski definition) is 2. The number of nitrogens with one attached hydrogen (secondary N) is 1. The Hall–Kier alpha value is -2.82. The lowest BCUT2D eigenvalue weighted by atomic mass is 10.1. The number of ether oxygens (including phenoxy) is 2. The monoisotopic (exact) mass is 428 g/mol. The minimum atomic E-state index is -0.134. The first-order valence-electron chi connectivity index (χ1n) is 10.6. The number of aromatic nitrogens is 5. The molecule has 0 unspecified atom stereocenters. The predicted octanol–water partition coefficient (Wildman–Crippen LogP) is 1.09. The highest BCUT2D eigenvalue weighted by molar-refractivity contribution is 5.80. The molecular weight excluding hydrogens is 400 g/mol. The first-order chi connectivity index (χ1) is 15.2. The van der Waals surface area contributed by atoms with Gasteiger partial charge in [0.2, 0.25) is 0 Å². The van der Waals surface area contributed by atoms with Crippen molar-refractivity contribution >= 4 is 10.9 Å². The number of tetrazole rings is 1. The zero-order chi connectivity index (χ0) is 21.6. The molecule has 166 valence electrons. The molecule has 0 spiro atoms. The van der Waals surface area contributed by atoms with Crippen molar-refractivity contribution in [2.24, 2.45) is 0 Å². The maximum atomic E-state index is 12.7. The minimum Gasteiger partial charge on any atom is -0.497 e. The Labute approximate surface area is 179 Å². The van der Waals surface area contributed by atoms with Crippen LogP contribution in [0.4, 0.5) is 0 Å². The molecule has 2 aromatic heterocycles. The lowest BCUT2D eigenvalue weighted by Crippen LogP contribution is -2.30. The molecule has 3 aromatic rings. The lowest BCUT2D eigenvalue weighted by Gasteiger charge is -2.21. The Morgan fingerprint density at radius 3 is 3.03 bits per heavy atom. The first kappa shape index (κ1) is 21.4. The van der Waals surface area contributed by atoms with Crippen LogP contribution in [0, 0.1) is 0 Å². The van der Waals surface area contributed by atoms with Crippen LogP contribution >= 0.6 is 0 Å². The number of benzene rings is 1. The van der Waals surface area contributed by atoms with Crippen molar-refractivity contribution in [3.05, 3.63) is 46.0 Å². The average Bonchev–Trinajstić information content (AvgIpc) is 3.45. The summed E-state index contributed by atoms with van der Waals surface area (Å²) in [5.41, 5.74) is 1.26. The highest BCUT2D eigenvalue weighted by Gasteiger charge is 2.20. The fourth-order valence-corrected chi connectivity index (χ4v) is 3.88. The third-order valence-electron chi connectivity index (χ3n) is 5.53. The van der Waals surface area contributed by atoms with E-state index in [1.807, 2.05) is 24.3 Å². The van der Waals surface area contributed by atoms with E-state index in [4.69, 9.17) is 9.47 Å². The number of aromatic amines is 1. The van der Waals surface area contributed by atoms with Crippen LogP contribution in [0.1, 0.15) is 30.7 Å². The van der Waals surface area contributed by atoms with Gasteiger partial charge in [0.25, 0.3) is 5.56 Å². The van der Waals surface area contributed by atoms with Crippen LogP contribution in [0.2, 0.25) is 0 Å². The van der Waals surface area contributed by atoms with Crippen LogP contribution in [-0.2, 0) is 24.4 Å². The molecule has 0 radical (unpaired) electrons. The van der Waals surface area contributed by atoms with Gasteiger partial charge in [-0.3, -0.25) is 9.69 Å². The van der Waals surface area contributed by atoms with Gasteiger partial charge in [-0.2, -0.15) is 0 Å². The minimum absolute atomic E-state index is 0.0721. The van der Waals surface area contributed by atoms with Gasteiger partial charge in [-0.1, -0.05) is 0 Å². The van der Waals surface area contributed by atoms with Crippen LogP contribution in [0.25, 0.3) is 10.9 Å². The summed E-state index contributed by atoms with van der Waals surface area (Å²) in [5, 5.41) is 22.4. The third kappa shape index (κ3) is 5.27. The predicted molar refractivity (Wildman–Crippen MR) is 114 cm³/mol. The standard InChI is InChI=1S/C21H28N6O4/c1-30-17-5-6-19-15(11-17)10-16(21(29)22-19)12-26(7-3-8-28)14-20-23-24-25-27(20)13-18-4-2-9-31-18/h5-6,10-11,18,28H,2-4,7-9,12-14H2,1H3,(H,22,29)/t18-/m1/s1. The number of aliphatic hydroxyl groups excluding tert-OH is 1. The topological polar surface area (TPSA) is 118 Å². The molecule has 3 heterocycles. The van der Waals surface area contributed by atoms with E-state index in [1.165, 1.54) is 0 Å². The molecule has 10 heteroatoms. The Kier molecular flexibility index (Phi) is 6.90. The fraction of sp³-hybridized carbons (Fsp3) is 0.524. The van der Waals surface area contributed by atoms with E-state index in [9.17, 15) is 9.90 Å². The van der Waals surface area contributed by atoms with Crippen LogP contribution in [0.5, 0.6) is 5.75 Å². The number of aliphatic hydroxyl groups is 1. The maximum absolute atomic E-state index is 12.7. The number of hydrogen-bond acceptors (Lipinski definition) is 8. The number of nitrogens with zero attached hydrogens (tertiary/aromatic N) is 5. The molecular formula is C21H28N6O4. The molecule has 10 nitrogen and oxygen atoms in total. The molecule has 2 N–H and O–H groups in total. The van der Waals surface area contributed by atoms with Gasteiger partial charge in [0, 0.05) is 42.8 Å². The molecule has 0 saturated carbocycles. The van der Waals surface area contributed by atoms with Crippen LogP contribution in [0.15, 0.2) is 29.1 Å². The van der Waals surface area contributed by atoms with Crippen LogP contribution in [-0.4, -0.2) is 68.2 Å². The molecule has 1 atom stereocenters. The van der Waals surface area contributed by atoms with Crippen molar-refractivity contribution in [2.45, 2.75) is 45.0 Å². The SMILES string of the molecule is COc1ccc2[nH]c(=O)c(CN(CCCO)Cc3nnnn3C[C@H]3CCCO3)cc2c1. The Bertz CT molecular complexity index is 1060. The van der Waals surface area contributed by atoms with Crippen LogP contribution < -0.4 is 10.3 Å². The average molecular weight is 428 g/mol. The van der Waals surface area contributed by atoms with E-state index in [1.54, 1.807) is 11.8 Å². The van der Waals surface area contributed by atoms with Crippen molar-refractivity contribution in [3.63, 3.8) is 0 Å². The first-order valence-corrected chi connectivity index (χ1v) is 10.6. The molecule has 1 saturated heterocycles. The highest BCUT2D eigenvalue weighted by Crippen LogP contribution is 2.20. The summed E-state index contributed by atoms with van der Waals surface area (Å²) in [4.78, 5) is 17.7. The molecule has 1 fully saturated rings. The van der Waals surface area contributed by atoms with Gasteiger partial charge >= 0.3 is 0 Å². The summed E-state index contributed by atoms with van der Waals surface area (Å²) < 4.78 is 12.8. The fourth-order valence-electron chi connectivity index (χ4n) is 3.88. The Morgan fingerprint density at radius 1 is 1.35 bits per heavy atom. The van der Waals surface area contributed by atoms with Gasteiger partial charge < -0.3 is 19.6 Å². The molecule has 1 aliphatic heterocycles. The smallest absolute Gasteiger partial charge is 0.252 e. The Balaban J connectivity index is 1.54. The number of fused-ring (bicyclic) bond motifs is 1. The molecule has 0 amide bonds. The van der Waals surface area contributed by atoms with Crippen LogP contribution in [0.3, 0.4) is 0 Å². The van der Waals surface area contributed by atoms with E-state index >= 15 is 0 Å². The van der Waals surface area contributed by atoms with Gasteiger partial charge in [-0.15, -0.1) is 5.10 Å². The highest BCUT2D eigenvalue weighted by atomic mass is 16.5. The summed E-state index contributed by atoms with van der Waals surface area (Å²) in [7, 11) is 1.62. The zero-order valence-corrected chi connectivity index (χ0v) is 17.7. The normalized spacial score (nSPS) is 16.4. The molecule has 0 aliphatic carbocycles. The second-order valence-corrected chi connectivity index (χ2v) is 7.78. The van der Waals surface area contributed by atoms with Gasteiger partial charge in [-0.05, 0) is 54.0 Å². The zero-order valence-electron chi connectivity index (χ0n) is 17.7. The number of pyridine rings is 1. The molecule has 0 bridgehead atoms. The number of methoxy groups -OCH3 is 1. The van der Waals surface area contributed by atoms with E-state index in [-0.39, 0.29) is 18.3 Å². The lowest BCUT2D eigenvalue weighted by molar-refractivity contribution is 0.0915. The van der Waals surface area contributed by atoms with E-state index in [2.05, 4.69) is 25.4 Å². The summed E-state index contributed by atoms with van der Waals surface area (Å²) in [6.07, 6.45) is 2.78. The summed E-state index contributed by atoms with van der Waals surface area (Å²) in [6.45, 7) is 2.96. The van der Waals surface area contributed by atoms with Crippen molar-refractivity contribution in [1.29, 1.82) is 0 Å². The largest absolute Gasteiger partial charge is 0.497 e. The second-order valence-electron chi connectivity index (χ2n) is 7.78. The van der Waals surface area contributed by atoms with Crippen molar-refractivity contribution in [1.82, 2.24) is 30.1 Å². The second kappa shape index (κ2) is 9.99. The Morgan fingerprint density at radius 2 is 2.26 bits per heavy atom. The molecule has 31 heavy (non-hydrogen) atoms. The summed E-state index contributed by atoms with van der Waals surface area (Å²) >= 11 is 0. The van der Waals surface area contributed by atoms with Crippen molar-refractivity contribution in [2.75, 3.05) is 26.9 Å². The molecule has 1 aliphatic rings. The van der Waals surface area contributed by atoms with Gasteiger partial charge in [-0.25, -0.2) is 4.68 Å². The van der Waals surface area contributed by atoms with Gasteiger partial charge in [0.05, 0.1) is 26.3 Å². The van der Waals surface area contributed by atoms with Gasteiger partial charge in [0.1, 0.15) is 5.75 Å². The van der Waals surface area contributed by atoms with Crippen molar-refractivity contribution < 1.29 is 14.6 Å². The van der Waals surface area contributed by atoms with E-state index in [0.717, 1.165) is 36.1 Å². The number of H-pyrrole nitrogens is 1. The molecule has 1 aromatic carbocycles. The van der Waals surface area contributed by atoms with Crippen molar-refractivity contribution in [3.8, 4) is 5.75 Å². The quantitative estimate of drug-likeness (QED) is 0.493. The van der Waals surface area contributed by atoms with E-state index < -0.39 is 0 Å². The maximum Gasteiger partial charge on any atom is 0.252 e. The summed E-state index contributed by atoms with van der Waals surface area (Å²) in [5.74, 6) is 1.45. The van der Waals surface area contributed by atoms with E-state index in [0.29, 0.717) is 44.0 Å². The molecule has 4 rings (SSSR count). The number of rotatable bonds is 10. The summed E-state index contributed by atoms with van der Waals surface area (Å²) in [6, 6.07) is 7.44.